The Kier molecular flexibility index (Phi) is 9.57. The third-order valence-electron chi connectivity index (χ3n) is 1.16. The van der Waals surface area contributed by atoms with Crippen LogP contribution in [0.4, 0.5) is 0 Å². The molecule has 5 heteroatoms. The highest BCUT2D eigenvalue weighted by Crippen LogP contribution is 2.15. The SMILES string of the molecule is CCOCC(COC)OPOC. The zero-order valence-electron chi connectivity index (χ0n) is 7.83. The molecular formula is C7H17O4P. The van der Waals surface area contributed by atoms with Crippen molar-refractivity contribution in [2.24, 2.45) is 0 Å². The Balaban J connectivity index is 3.40. The van der Waals surface area contributed by atoms with Gasteiger partial charge in [-0.1, -0.05) is 0 Å². The zero-order valence-corrected chi connectivity index (χ0v) is 8.83. The second-order valence-electron chi connectivity index (χ2n) is 2.14. The molecule has 0 aromatic rings. The van der Waals surface area contributed by atoms with Crippen LogP contribution < -0.4 is 0 Å². The van der Waals surface area contributed by atoms with E-state index in [9.17, 15) is 0 Å². The lowest BCUT2D eigenvalue weighted by molar-refractivity contribution is 0.0135. The van der Waals surface area contributed by atoms with E-state index in [-0.39, 0.29) is 15.1 Å². The van der Waals surface area contributed by atoms with Gasteiger partial charge in [-0.25, -0.2) is 0 Å². The van der Waals surface area contributed by atoms with Crippen LogP contribution in [0.1, 0.15) is 6.92 Å². The largest absolute Gasteiger partial charge is 0.382 e. The van der Waals surface area contributed by atoms with Crippen molar-refractivity contribution in [3.05, 3.63) is 0 Å². The first-order valence-electron chi connectivity index (χ1n) is 3.85. The van der Waals surface area contributed by atoms with E-state index in [0.29, 0.717) is 19.8 Å². The molecule has 74 valence electrons. The lowest BCUT2D eigenvalue weighted by atomic mass is 10.4. The van der Waals surface area contributed by atoms with Crippen LogP contribution in [-0.4, -0.2) is 40.1 Å². The molecule has 0 bridgehead atoms. The van der Waals surface area contributed by atoms with Gasteiger partial charge in [-0.2, -0.15) is 0 Å². The molecule has 0 fully saturated rings. The van der Waals surface area contributed by atoms with Crippen LogP contribution in [0.2, 0.25) is 0 Å². The molecule has 0 aliphatic rings. The fourth-order valence-corrected chi connectivity index (χ4v) is 1.04. The second-order valence-corrected chi connectivity index (χ2v) is 2.95. The highest BCUT2D eigenvalue weighted by Gasteiger charge is 2.08. The fraction of sp³-hybridized carbons (Fsp3) is 1.00. The number of ether oxygens (including phenoxy) is 2. The predicted molar refractivity (Wildman–Crippen MR) is 48.6 cm³/mol. The summed E-state index contributed by atoms with van der Waals surface area (Å²) in [4.78, 5) is 0. The van der Waals surface area contributed by atoms with E-state index in [1.54, 1.807) is 14.2 Å². The van der Waals surface area contributed by atoms with Crippen molar-refractivity contribution in [3.63, 3.8) is 0 Å². The summed E-state index contributed by atoms with van der Waals surface area (Å²) in [6.45, 7) is 3.74. The summed E-state index contributed by atoms with van der Waals surface area (Å²) in [6, 6.07) is 0. The minimum Gasteiger partial charge on any atom is -0.382 e. The Morgan fingerprint density at radius 2 is 2.00 bits per heavy atom. The third-order valence-corrected chi connectivity index (χ3v) is 1.75. The number of rotatable bonds is 8. The Labute approximate surface area is 75.5 Å². The second kappa shape index (κ2) is 9.36. The minimum absolute atomic E-state index is 0.0202. The molecule has 0 aliphatic heterocycles. The van der Waals surface area contributed by atoms with E-state index in [1.807, 2.05) is 6.92 Å². The quantitative estimate of drug-likeness (QED) is 0.547. The van der Waals surface area contributed by atoms with Crippen molar-refractivity contribution in [2.45, 2.75) is 13.0 Å². The average molecular weight is 196 g/mol. The number of hydrogen-bond acceptors (Lipinski definition) is 4. The van der Waals surface area contributed by atoms with Crippen LogP contribution in [0.5, 0.6) is 0 Å². The number of hydrogen-bond donors (Lipinski definition) is 0. The van der Waals surface area contributed by atoms with E-state index in [4.69, 9.17) is 18.5 Å². The van der Waals surface area contributed by atoms with Crippen molar-refractivity contribution in [3.8, 4) is 0 Å². The fourth-order valence-electron chi connectivity index (χ4n) is 0.667. The molecule has 0 saturated heterocycles. The molecule has 0 aliphatic carbocycles. The van der Waals surface area contributed by atoms with Crippen molar-refractivity contribution in [2.75, 3.05) is 34.0 Å². The van der Waals surface area contributed by atoms with E-state index in [2.05, 4.69) is 0 Å². The maximum atomic E-state index is 5.29. The Morgan fingerprint density at radius 1 is 1.25 bits per heavy atom. The monoisotopic (exact) mass is 196 g/mol. The summed E-state index contributed by atoms with van der Waals surface area (Å²) in [5, 5.41) is 0. The molecule has 0 heterocycles. The molecule has 2 unspecified atom stereocenters. The van der Waals surface area contributed by atoms with Gasteiger partial charge in [-0.05, 0) is 6.92 Å². The van der Waals surface area contributed by atoms with Crippen molar-refractivity contribution < 1.29 is 18.5 Å². The van der Waals surface area contributed by atoms with Crippen molar-refractivity contribution >= 4 is 9.03 Å². The minimum atomic E-state index is -0.0202. The van der Waals surface area contributed by atoms with E-state index in [0.717, 1.165) is 0 Å². The van der Waals surface area contributed by atoms with Crippen molar-refractivity contribution in [1.82, 2.24) is 0 Å². The Bertz CT molecular complexity index is 83.5. The van der Waals surface area contributed by atoms with Crippen LogP contribution in [0.25, 0.3) is 0 Å². The maximum Gasteiger partial charge on any atom is 0.155 e. The molecule has 2 atom stereocenters. The van der Waals surface area contributed by atoms with E-state index < -0.39 is 0 Å². The maximum absolute atomic E-state index is 5.29. The molecule has 0 spiro atoms. The van der Waals surface area contributed by atoms with Gasteiger partial charge in [0, 0.05) is 20.8 Å². The summed E-state index contributed by atoms with van der Waals surface area (Å²) in [7, 11) is 3.29. The summed E-state index contributed by atoms with van der Waals surface area (Å²) in [5.41, 5.74) is 0. The standard InChI is InChI=1S/C7H17O4P/c1-4-10-6-7(5-8-2)11-12-9-3/h7,12H,4-6H2,1-3H3. The first-order valence-corrected chi connectivity index (χ1v) is 4.67. The highest BCUT2D eigenvalue weighted by molar-refractivity contribution is 7.26. The first kappa shape index (κ1) is 12.3. The van der Waals surface area contributed by atoms with Crippen LogP contribution in [0, 0.1) is 0 Å². The predicted octanol–water partition coefficient (Wildman–Crippen LogP) is 1.21. The zero-order chi connectivity index (χ0) is 9.23. The lowest BCUT2D eigenvalue weighted by Crippen LogP contribution is -2.22. The molecule has 0 radical (unpaired) electrons. The Morgan fingerprint density at radius 3 is 2.50 bits per heavy atom. The average Bonchev–Trinajstić information content (AvgIpc) is 2.10. The molecule has 4 nitrogen and oxygen atoms in total. The van der Waals surface area contributed by atoms with Gasteiger partial charge < -0.3 is 18.5 Å². The van der Waals surface area contributed by atoms with Crippen LogP contribution in [0.3, 0.4) is 0 Å². The van der Waals surface area contributed by atoms with Gasteiger partial charge >= 0.3 is 0 Å². The summed E-state index contributed by atoms with van der Waals surface area (Å²) in [5.74, 6) is 0. The van der Waals surface area contributed by atoms with Gasteiger partial charge in [0.05, 0.1) is 13.2 Å². The first-order chi connectivity index (χ1) is 5.85. The Hall–Kier alpha value is 0.270. The molecule has 0 N–H and O–H groups in total. The van der Waals surface area contributed by atoms with Gasteiger partial charge in [0.15, 0.2) is 9.03 Å². The van der Waals surface area contributed by atoms with Crippen LogP contribution >= 0.6 is 9.03 Å². The summed E-state index contributed by atoms with van der Waals surface area (Å²) in [6.07, 6.45) is -0.0202. The van der Waals surface area contributed by atoms with Gasteiger partial charge in [-0.3, -0.25) is 0 Å². The molecule has 0 rings (SSSR count). The molecule has 0 amide bonds. The van der Waals surface area contributed by atoms with E-state index >= 15 is 0 Å². The normalized spacial score (nSPS) is 14.2. The van der Waals surface area contributed by atoms with Crippen LogP contribution in [0.15, 0.2) is 0 Å². The van der Waals surface area contributed by atoms with Crippen LogP contribution in [-0.2, 0) is 18.5 Å². The van der Waals surface area contributed by atoms with Gasteiger partial charge in [0.2, 0.25) is 0 Å². The van der Waals surface area contributed by atoms with Gasteiger partial charge in [-0.15, -0.1) is 0 Å². The highest BCUT2D eigenvalue weighted by atomic mass is 31.1. The van der Waals surface area contributed by atoms with Crippen molar-refractivity contribution in [1.29, 1.82) is 0 Å². The molecule has 0 aromatic heterocycles. The molecule has 0 aromatic carbocycles. The summed E-state index contributed by atoms with van der Waals surface area (Å²) < 4.78 is 20.2. The number of methoxy groups -OCH3 is 1. The lowest BCUT2D eigenvalue weighted by Gasteiger charge is -2.15. The summed E-state index contributed by atoms with van der Waals surface area (Å²) >= 11 is 0. The van der Waals surface area contributed by atoms with E-state index in [1.165, 1.54) is 0 Å². The van der Waals surface area contributed by atoms with Gasteiger partial charge in [0.1, 0.15) is 6.10 Å². The molecule has 0 saturated carbocycles. The molecule has 12 heavy (non-hydrogen) atoms. The van der Waals surface area contributed by atoms with Gasteiger partial charge in [0.25, 0.3) is 0 Å². The third kappa shape index (κ3) is 6.95. The topological polar surface area (TPSA) is 36.9 Å². The molecular weight excluding hydrogens is 179 g/mol. The smallest absolute Gasteiger partial charge is 0.155 e.